The number of carbonyl (C=O) groups is 3. The molecule has 7 nitrogen and oxygen atoms in total. The number of nitrogens with zero attached hydrogens (tertiary/aromatic N) is 2. The monoisotopic (exact) mass is 845 g/mol. The molecule has 0 heterocycles. The van der Waals surface area contributed by atoms with Gasteiger partial charge in [0.05, 0.1) is 6.04 Å². The van der Waals surface area contributed by atoms with E-state index in [0.29, 0.717) is 19.4 Å². The Hall–Kier alpha value is -2.15. The van der Waals surface area contributed by atoms with Crippen LogP contribution >= 0.6 is 0 Å². The molecule has 1 unspecified atom stereocenters. The summed E-state index contributed by atoms with van der Waals surface area (Å²) >= 11 is 0. The molecule has 352 valence electrons. The van der Waals surface area contributed by atoms with Crippen LogP contribution in [0.3, 0.4) is 0 Å². The van der Waals surface area contributed by atoms with Gasteiger partial charge in [-0.05, 0) is 104 Å². The van der Waals surface area contributed by atoms with Crippen molar-refractivity contribution < 1.29 is 23.9 Å². The molecular weight excluding hydrogens is 745 g/mol. The maximum Gasteiger partial charge on any atom is 0.305 e. The van der Waals surface area contributed by atoms with Crippen LogP contribution in [0, 0.1) is 5.92 Å². The molecule has 0 rings (SSSR count). The molecule has 0 aliphatic rings. The molecule has 0 spiro atoms. The van der Waals surface area contributed by atoms with E-state index in [1.807, 2.05) is 19.0 Å². The zero-order valence-corrected chi connectivity index (χ0v) is 40.8. The maximum atomic E-state index is 14.2. The van der Waals surface area contributed by atoms with E-state index in [2.05, 4.69) is 56.9 Å². The number of rotatable bonds is 45. The van der Waals surface area contributed by atoms with Gasteiger partial charge in [-0.3, -0.25) is 14.4 Å². The quantitative estimate of drug-likeness (QED) is 0.0345. The predicted molar refractivity (Wildman–Crippen MR) is 257 cm³/mol. The smallest absolute Gasteiger partial charge is 0.305 e. The van der Waals surface area contributed by atoms with Crippen molar-refractivity contribution in [2.24, 2.45) is 5.92 Å². The van der Waals surface area contributed by atoms with Gasteiger partial charge in [-0.15, -0.1) is 0 Å². The summed E-state index contributed by atoms with van der Waals surface area (Å²) in [5.41, 5.74) is 0. The van der Waals surface area contributed by atoms with Gasteiger partial charge in [0.25, 0.3) is 0 Å². The van der Waals surface area contributed by atoms with Crippen LogP contribution in [-0.2, 0) is 23.9 Å². The third-order valence-corrected chi connectivity index (χ3v) is 11.9. The lowest BCUT2D eigenvalue weighted by molar-refractivity contribution is -0.156. The second-order valence-electron chi connectivity index (χ2n) is 18.0. The molecule has 7 heteroatoms. The Morgan fingerprint density at radius 1 is 0.450 bits per heavy atom. The third kappa shape index (κ3) is 37.6. The van der Waals surface area contributed by atoms with Gasteiger partial charge in [0.15, 0.2) is 0 Å². The highest BCUT2D eigenvalue weighted by Crippen LogP contribution is 2.20. The van der Waals surface area contributed by atoms with Gasteiger partial charge in [0.2, 0.25) is 5.91 Å². The van der Waals surface area contributed by atoms with E-state index in [1.54, 1.807) is 0 Å². The van der Waals surface area contributed by atoms with Gasteiger partial charge in [-0.25, -0.2) is 0 Å². The van der Waals surface area contributed by atoms with Crippen LogP contribution in [0.2, 0.25) is 0 Å². The van der Waals surface area contributed by atoms with E-state index in [9.17, 15) is 14.4 Å². The van der Waals surface area contributed by atoms with Crippen molar-refractivity contribution in [2.45, 2.75) is 252 Å². The van der Waals surface area contributed by atoms with Crippen molar-refractivity contribution in [1.82, 2.24) is 9.80 Å². The summed E-state index contributed by atoms with van der Waals surface area (Å²) < 4.78 is 11.7. The minimum absolute atomic E-state index is 0.0592. The van der Waals surface area contributed by atoms with E-state index >= 15 is 0 Å². The first kappa shape index (κ1) is 57.9. The van der Waals surface area contributed by atoms with Crippen LogP contribution in [0.15, 0.2) is 24.3 Å². The van der Waals surface area contributed by atoms with E-state index in [-0.39, 0.29) is 37.0 Å². The van der Waals surface area contributed by atoms with Gasteiger partial charge >= 0.3 is 11.9 Å². The average Bonchev–Trinajstić information content (AvgIpc) is 3.24. The summed E-state index contributed by atoms with van der Waals surface area (Å²) in [6, 6.07) is -0.490. The zero-order chi connectivity index (χ0) is 44.2. The van der Waals surface area contributed by atoms with Crippen LogP contribution < -0.4 is 0 Å². The Kier molecular flexibility index (Phi) is 43.3. The summed E-state index contributed by atoms with van der Waals surface area (Å²) in [4.78, 5) is 44.2. The molecule has 1 atom stereocenters. The Bertz CT molecular complexity index is 971. The summed E-state index contributed by atoms with van der Waals surface area (Å²) in [6.07, 6.45) is 47.3. The van der Waals surface area contributed by atoms with Crippen molar-refractivity contribution in [2.75, 3.05) is 40.4 Å². The first-order valence-corrected chi connectivity index (χ1v) is 25.9. The SMILES string of the molecule is CCCCCCCC/C=C\CCCCCCCC(=O)OCC(COC(=O)CCCCCCC/C=C\CCCCCCCC)N(CCCN(C)C)C(=O)C(CC)CCCCC. The minimum Gasteiger partial charge on any atom is -0.463 e. The van der Waals surface area contributed by atoms with Crippen LogP contribution in [0.4, 0.5) is 0 Å². The molecule has 0 bridgehead atoms. The fourth-order valence-corrected chi connectivity index (χ4v) is 7.84. The van der Waals surface area contributed by atoms with E-state index in [4.69, 9.17) is 9.47 Å². The fourth-order valence-electron chi connectivity index (χ4n) is 7.84. The normalized spacial score (nSPS) is 12.3. The molecular formula is C53H100N2O5. The van der Waals surface area contributed by atoms with Gasteiger partial charge in [-0.2, -0.15) is 0 Å². The number of ether oxygens (including phenoxy) is 2. The predicted octanol–water partition coefficient (Wildman–Crippen LogP) is 14.9. The molecule has 0 saturated heterocycles. The molecule has 0 fully saturated rings. The number of hydrogen-bond donors (Lipinski definition) is 0. The van der Waals surface area contributed by atoms with Crippen LogP contribution in [0.5, 0.6) is 0 Å². The lowest BCUT2D eigenvalue weighted by Gasteiger charge is -2.34. The second kappa shape index (κ2) is 44.9. The molecule has 60 heavy (non-hydrogen) atoms. The van der Waals surface area contributed by atoms with Crippen LogP contribution in [-0.4, -0.2) is 74.1 Å². The number of unbranched alkanes of at least 4 members (excludes halogenated alkanes) is 24. The first-order chi connectivity index (χ1) is 29.3. The topological polar surface area (TPSA) is 76.2 Å². The van der Waals surface area contributed by atoms with Gasteiger partial charge in [0, 0.05) is 25.3 Å². The van der Waals surface area contributed by atoms with E-state index < -0.39 is 6.04 Å². The minimum atomic E-state index is -0.490. The van der Waals surface area contributed by atoms with Gasteiger partial charge < -0.3 is 19.3 Å². The maximum absolute atomic E-state index is 14.2. The number of amides is 1. The Morgan fingerprint density at radius 2 is 0.817 bits per heavy atom. The molecule has 1 amide bonds. The summed E-state index contributed by atoms with van der Waals surface area (Å²) in [7, 11) is 4.08. The van der Waals surface area contributed by atoms with Crippen molar-refractivity contribution >= 4 is 17.8 Å². The van der Waals surface area contributed by atoms with Crippen molar-refractivity contribution in [3.63, 3.8) is 0 Å². The standard InChI is InChI=1S/C53H100N2O5/c1-7-11-14-16-18-20-22-24-26-28-30-32-34-36-39-43-51(56)59-47-50(55(46-41-45-54(5)6)53(58)49(10-4)42-38-13-9-3)48-60-52(57)44-40-37-35-33-31-29-27-25-23-21-19-17-15-12-8-2/h24-27,49-50H,7-23,28-48H2,1-6H3/b26-24-,27-25-. The van der Waals surface area contributed by atoms with Gasteiger partial charge in [-0.1, -0.05) is 174 Å². The first-order valence-electron chi connectivity index (χ1n) is 25.9. The summed E-state index contributed by atoms with van der Waals surface area (Å²) in [6.45, 7) is 10.3. The van der Waals surface area contributed by atoms with Crippen molar-refractivity contribution in [3.8, 4) is 0 Å². The lowest BCUT2D eigenvalue weighted by atomic mass is 9.96. The number of esters is 2. The Balaban J connectivity index is 4.95. The molecule has 0 aliphatic carbocycles. The number of carbonyl (C=O) groups excluding carboxylic acids is 3. The third-order valence-electron chi connectivity index (χ3n) is 11.9. The molecule has 0 aromatic carbocycles. The summed E-state index contributed by atoms with van der Waals surface area (Å²) in [5, 5.41) is 0. The fraction of sp³-hybridized carbons (Fsp3) is 0.868. The van der Waals surface area contributed by atoms with Crippen molar-refractivity contribution in [1.29, 1.82) is 0 Å². The van der Waals surface area contributed by atoms with Crippen molar-refractivity contribution in [3.05, 3.63) is 24.3 Å². The average molecular weight is 845 g/mol. The zero-order valence-electron chi connectivity index (χ0n) is 40.8. The van der Waals surface area contributed by atoms with Crippen LogP contribution in [0.25, 0.3) is 0 Å². The highest BCUT2D eigenvalue weighted by Gasteiger charge is 2.30. The van der Waals surface area contributed by atoms with E-state index in [0.717, 1.165) is 96.4 Å². The molecule has 0 aromatic heterocycles. The molecule has 0 radical (unpaired) electrons. The Labute approximate surface area is 373 Å². The summed E-state index contributed by atoms with van der Waals surface area (Å²) in [5.74, 6) is -0.448. The number of allylic oxidation sites excluding steroid dienone is 4. The van der Waals surface area contributed by atoms with Crippen LogP contribution in [0.1, 0.15) is 246 Å². The molecule has 0 N–H and O–H groups in total. The molecule has 0 saturated carbocycles. The van der Waals surface area contributed by atoms with E-state index in [1.165, 1.54) is 116 Å². The largest absolute Gasteiger partial charge is 0.463 e. The molecule has 0 aromatic rings. The lowest BCUT2D eigenvalue weighted by Crippen LogP contribution is -2.49. The highest BCUT2D eigenvalue weighted by atomic mass is 16.5. The Morgan fingerprint density at radius 3 is 1.20 bits per heavy atom. The second-order valence-corrected chi connectivity index (χ2v) is 18.0. The highest BCUT2D eigenvalue weighted by molar-refractivity contribution is 5.79. The van der Waals surface area contributed by atoms with Gasteiger partial charge in [0.1, 0.15) is 13.2 Å². The number of hydrogen-bond acceptors (Lipinski definition) is 6. The molecule has 0 aliphatic heterocycles.